The van der Waals surface area contributed by atoms with Crippen LogP contribution in [0.15, 0.2) is 24.4 Å². The van der Waals surface area contributed by atoms with Crippen LogP contribution in [0.2, 0.25) is 0 Å². The summed E-state index contributed by atoms with van der Waals surface area (Å²) in [7, 11) is 0. The number of carbonyl (C=O) groups excluding carboxylic acids is 1. The fraction of sp³-hybridized carbons (Fsp3) is 0.500. The van der Waals surface area contributed by atoms with E-state index in [4.69, 9.17) is 4.74 Å². The predicted molar refractivity (Wildman–Crippen MR) is 63.4 cm³/mol. The summed E-state index contributed by atoms with van der Waals surface area (Å²) in [6.45, 7) is 1.83. The molecule has 17 heavy (non-hydrogen) atoms. The molecule has 2 heterocycles. The van der Waals surface area contributed by atoms with E-state index >= 15 is 0 Å². The molecule has 5 nitrogen and oxygen atoms in total. The molecule has 1 aromatic rings. The van der Waals surface area contributed by atoms with E-state index < -0.39 is 0 Å². The van der Waals surface area contributed by atoms with Crippen molar-refractivity contribution in [2.45, 2.75) is 25.5 Å². The van der Waals surface area contributed by atoms with Crippen molar-refractivity contribution < 1.29 is 9.53 Å². The highest BCUT2D eigenvalue weighted by Crippen LogP contribution is 2.10. The first-order valence-electron chi connectivity index (χ1n) is 5.88. The second kappa shape index (κ2) is 6.20. The molecule has 2 N–H and O–H groups in total. The summed E-state index contributed by atoms with van der Waals surface area (Å²) in [5.41, 5.74) is 0.847. The van der Waals surface area contributed by atoms with Gasteiger partial charge in [0.25, 0.3) is 0 Å². The van der Waals surface area contributed by atoms with Gasteiger partial charge in [-0.25, -0.2) is 4.79 Å². The summed E-state index contributed by atoms with van der Waals surface area (Å²) in [5.74, 6) is 0. The zero-order valence-corrected chi connectivity index (χ0v) is 9.69. The van der Waals surface area contributed by atoms with Gasteiger partial charge in [-0.15, -0.1) is 0 Å². The zero-order chi connectivity index (χ0) is 11.9. The number of urea groups is 1. The van der Waals surface area contributed by atoms with Crippen LogP contribution >= 0.6 is 0 Å². The summed E-state index contributed by atoms with van der Waals surface area (Å²) in [6, 6.07) is 5.45. The molecular weight excluding hydrogens is 218 g/mol. The first kappa shape index (κ1) is 11.9. The Hall–Kier alpha value is -1.62. The molecular formula is C12H17N3O2. The molecule has 2 amide bonds. The molecule has 92 valence electrons. The van der Waals surface area contributed by atoms with Gasteiger partial charge in [-0.05, 0) is 25.0 Å². The topological polar surface area (TPSA) is 63.2 Å². The minimum Gasteiger partial charge on any atom is -0.376 e. The SMILES string of the molecule is O=C(NCc1ccccn1)NC[C@H]1CCCO1. The molecule has 0 spiro atoms. The number of pyridine rings is 1. The molecule has 1 aliphatic rings. The zero-order valence-electron chi connectivity index (χ0n) is 9.69. The Labute approximate surface area is 101 Å². The van der Waals surface area contributed by atoms with E-state index in [1.165, 1.54) is 0 Å². The van der Waals surface area contributed by atoms with Crippen LogP contribution in [0.5, 0.6) is 0 Å². The third-order valence-corrected chi connectivity index (χ3v) is 2.67. The van der Waals surface area contributed by atoms with Crippen molar-refractivity contribution in [2.75, 3.05) is 13.2 Å². The Morgan fingerprint density at radius 3 is 3.12 bits per heavy atom. The van der Waals surface area contributed by atoms with Crippen molar-refractivity contribution in [3.05, 3.63) is 30.1 Å². The fourth-order valence-electron chi connectivity index (χ4n) is 1.75. The number of nitrogens with one attached hydrogen (secondary N) is 2. The van der Waals surface area contributed by atoms with Crippen molar-refractivity contribution >= 4 is 6.03 Å². The van der Waals surface area contributed by atoms with Gasteiger partial charge < -0.3 is 15.4 Å². The minimum absolute atomic E-state index is 0.175. The average Bonchev–Trinajstić information content (AvgIpc) is 2.88. The molecule has 5 heteroatoms. The highest BCUT2D eigenvalue weighted by molar-refractivity contribution is 5.73. The number of rotatable bonds is 4. The van der Waals surface area contributed by atoms with Gasteiger partial charge >= 0.3 is 6.03 Å². The third-order valence-electron chi connectivity index (χ3n) is 2.67. The van der Waals surface area contributed by atoms with E-state index in [1.807, 2.05) is 18.2 Å². The Balaban J connectivity index is 1.64. The van der Waals surface area contributed by atoms with Gasteiger partial charge in [0.15, 0.2) is 0 Å². The minimum atomic E-state index is -0.175. The van der Waals surface area contributed by atoms with E-state index in [0.717, 1.165) is 25.1 Å². The average molecular weight is 235 g/mol. The molecule has 0 bridgehead atoms. The Morgan fingerprint density at radius 2 is 2.41 bits per heavy atom. The second-order valence-electron chi connectivity index (χ2n) is 4.02. The molecule has 1 aromatic heterocycles. The highest BCUT2D eigenvalue weighted by atomic mass is 16.5. The maximum absolute atomic E-state index is 11.5. The lowest BCUT2D eigenvalue weighted by Gasteiger charge is -2.11. The molecule has 0 radical (unpaired) electrons. The number of nitrogens with zero attached hydrogens (tertiary/aromatic N) is 1. The van der Waals surface area contributed by atoms with Crippen molar-refractivity contribution in [3.63, 3.8) is 0 Å². The van der Waals surface area contributed by atoms with E-state index in [2.05, 4.69) is 15.6 Å². The molecule has 1 atom stereocenters. The largest absolute Gasteiger partial charge is 0.376 e. The van der Waals surface area contributed by atoms with E-state index in [1.54, 1.807) is 6.20 Å². The van der Waals surface area contributed by atoms with Crippen LogP contribution in [0.4, 0.5) is 4.79 Å². The monoisotopic (exact) mass is 235 g/mol. The van der Waals surface area contributed by atoms with Crippen LogP contribution in [0.3, 0.4) is 0 Å². The highest BCUT2D eigenvalue weighted by Gasteiger charge is 2.15. The summed E-state index contributed by atoms with van der Waals surface area (Å²) in [6.07, 6.45) is 4.00. The van der Waals surface area contributed by atoms with Crippen molar-refractivity contribution in [1.82, 2.24) is 15.6 Å². The maximum Gasteiger partial charge on any atom is 0.315 e. The molecule has 0 unspecified atom stereocenters. The first-order valence-corrected chi connectivity index (χ1v) is 5.88. The number of hydrogen-bond acceptors (Lipinski definition) is 3. The van der Waals surface area contributed by atoms with Gasteiger partial charge in [0.05, 0.1) is 18.3 Å². The molecule has 1 fully saturated rings. The predicted octanol–water partition coefficient (Wildman–Crippen LogP) is 1.06. The number of aromatic nitrogens is 1. The molecule has 1 saturated heterocycles. The standard InChI is InChI=1S/C12H17N3O2/c16-12(15-9-11-5-3-7-17-11)14-8-10-4-1-2-6-13-10/h1-2,4,6,11H,3,5,7-9H2,(H2,14,15,16)/t11-/m1/s1. The van der Waals surface area contributed by atoms with Crippen LogP contribution in [0.1, 0.15) is 18.5 Å². The first-order chi connectivity index (χ1) is 8.34. The van der Waals surface area contributed by atoms with Crippen LogP contribution in [0.25, 0.3) is 0 Å². The lowest BCUT2D eigenvalue weighted by molar-refractivity contribution is 0.111. The quantitative estimate of drug-likeness (QED) is 0.820. The summed E-state index contributed by atoms with van der Waals surface area (Å²) < 4.78 is 5.41. The van der Waals surface area contributed by atoms with Crippen LogP contribution < -0.4 is 10.6 Å². The number of hydrogen-bond donors (Lipinski definition) is 2. The van der Waals surface area contributed by atoms with E-state index in [0.29, 0.717) is 13.1 Å². The molecule has 0 aliphatic carbocycles. The van der Waals surface area contributed by atoms with Gasteiger partial charge in [0, 0.05) is 19.3 Å². The van der Waals surface area contributed by atoms with Crippen LogP contribution in [-0.2, 0) is 11.3 Å². The Morgan fingerprint density at radius 1 is 1.47 bits per heavy atom. The van der Waals surface area contributed by atoms with E-state index in [-0.39, 0.29) is 12.1 Å². The van der Waals surface area contributed by atoms with Gasteiger partial charge in [-0.1, -0.05) is 6.07 Å². The third kappa shape index (κ3) is 4.03. The number of amides is 2. The normalized spacial score (nSPS) is 18.9. The van der Waals surface area contributed by atoms with Crippen LogP contribution in [-0.4, -0.2) is 30.3 Å². The summed E-state index contributed by atoms with van der Waals surface area (Å²) in [4.78, 5) is 15.6. The lowest BCUT2D eigenvalue weighted by Crippen LogP contribution is -2.39. The molecule has 1 aliphatic heterocycles. The maximum atomic E-state index is 11.5. The lowest BCUT2D eigenvalue weighted by atomic mass is 10.2. The summed E-state index contributed by atoms with van der Waals surface area (Å²) >= 11 is 0. The van der Waals surface area contributed by atoms with Gasteiger partial charge in [0.1, 0.15) is 0 Å². The van der Waals surface area contributed by atoms with Crippen LogP contribution in [0, 0.1) is 0 Å². The number of carbonyl (C=O) groups is 1. The van der Waals surface area contributed by atoms with Crippen molar-refractivity contribution in [3.8, 4) is 0 Å². The molecule has 0 saturated carbocycles. The molecule has 0 aromatic carbocycles. The van der Waals surface area contributed by atoms with E-state index in [9.17, 15) is 4.79 Å². The fourth-order valence-corrected chi connectivity index (χ4v) is 1.75. The number of ether oxygens (including phenoxy) is 1. The summed E-state index contributed by atoms with van der Waals surface area (Å²) in [5, 5.41) is 5.55. The van der Waals surface area contributed by atoms with Crippen molar-refractivity contribution in [1.29, 1.82) is 0 Å². The van der Waals surface area contributed by atoms with Crippen molar-refractivity contribution in [2.24, 2.45) is 0 Å². The second-order valence-corrected chi connectivity index (χ2v) is 4.02. The van der Waals surface area contributed by atoms with Gasteiger partial charge in [-0.2, -0.15) is 0 Å². The van der Waals surface area contributed by atoms with Gasteiger partial charge in [-0.3, -0.25) is 4.98 Å². The molecule has 2 rings (SSSR count). The Bertz CT molecular complexity index is 350. The Kier molecular flexibility index (Phi) is 4.32. The smallest absolute Gasteiger partial charge is 0.315 e. The van der Waals surface area contributed by atoms with Gasteiger partial charge in [0.2, 0.25) is 0 Å².